The summed E-state index contributed by atoms with van der Waals surface area (Å²) in [5.74, 6) is 2.42. The highest BCUT2D eigenvalue weighted by molar-refractivity contribution is 5.80. The summed E-state index contributed by atoms with van der Waals surface area (Å²) in [6.07, 6.45) is 8.40. The maximum atomic E-state index is 5.28. The molecule has 1 atom stereocenters. The summed E-state index contributed by atoms with van der Waals surface area (Å²) in [5, 5.41) is 3.39. The lowest BCUT2D eigenvalue weighted by molar-refractivity contribution is 0.157. The molecule has 0 saturated carbocycles. The summed E-state index contributed by atoms with van der Waals surface area (Å²) in [6, 6.07) is 4.05. The molecule has 3 heterocycles. The Labute approximate surface area is 148 Å². The molecule has 1 unspecified atom stereocenters. The van der Waals surface area contributed by atoms with Crippen molar-refractivity contribution < 1.29 is 4.74 Å². The minimum atomic E-state index is 0.588. The van der Waals surface area contributed by atoms with Crippen LogP contribution < -0.4 is 5.32 Å². The Morgan fingerprint density at radius 1 is 1.44 bits per heavy atom. The van der Waals surface area contributed by atoms with Crippen LogP contribution >= 0.6 is 0 Å². The number of nitrogens with zero attached hydrogens (tertiary/aromatic N) is 5. The monoisotopic (exact) mass is 342 g/mol. The highest BCUT2D eigenvalue weighted by Crippen LogP contribution is 2.16. The van der Waals surface area contributed by atoms with Crippen LogP contribution in [-0.2, 0) is 11.3 Å². The predicted octanol–water partition coefficient (Wildman–Crippen LogP) is 1.70. The Balaban J connectivity index is 1.63. The number of rotatable bonds is 6. The van der Waals surface area contributed by atoms with Crippen LogP contribution in [0.3, 0.4) is 0 Å². The number of methoxy groups -OCH3 is 1. The molecule has 7 heteroatoms. The molecule has 0 spiro atoms. The van der Waals surface area contributed by atoms with Crippen molar-refractivity contribution in [2.75, 3.05) is 33.4 Å². The van der Waals surface area contributed by atoms with Gasteiger partial charge in [-0.15, -0.1) is 0 Å². The third-order valence-electron chi connectivity index (χ3n) is 4.31. The quantitative estimate of drug-likeness (QED) is 0.639. The molecule has 1 aliphatic heterocycles. The Morgan fingerprint density at radius 3 is 3.04 bits per heavy atom. The van der Waals surface area contributed by atoms with Crippen molar-refractivity contribution in [3.63, 3.8) is 0 Å². The number of imidazole rings is 1. The Hall–Kier alpha value is -2.41. The zero-order valence-corrected chi connectivity index (χ0v) is 14.9. The van der Waals surface area contributed by atoms with Crippen LogP contribution in [0.25, 0.3) is 5.82 Å². The molecule has 1 saturated heterocycles. The van der Waals surface area contributed by atoms with E-state index in [0.717, 1.165) is 50.0 Å². The molecular formula is C18H26N6O. The first-order valence-corrected chi connectivity index (χ1v) is 8.75. The average Bonchev–Trinajstić information content (AvgIpc) is 3.31. The lowest BCUT2D eigenvalue weighted by Gasteiger charge is -2.21. The molecule has 7 nitrogen and oxygen atoms in total. The highest BCUT2D eigenvalue weighted by atomic mass is 16.5. The molecule has 0 aromatic carbocycles. The number of aliphatic imine (C=N–C) groups is 1. The number of hydrogen-bond acceptors (Lipinski definition) is 4. The van der Waals surface area contributed by atoms with Crippen molar-refractivity contribution in [3.8, 4) is 5.82 Å². The van der Waals surface area contributed by atoms with Crippen LogP contribution in [0.1, 0.15) is 18.9 Å². The smallest absolute Gasteiger partial charge is 0.194 e. The summed E-state index contributed by atoms with van der Waals surface area (Å²) < 4.78 is 7.17. The van der Waals surface area contributed by atoms with Crippen molar-refractivity contribution in [1.29, 1.82) is 0 Å². The van der Waals surface area contributed by atoms with E-state index in [4.69, 9.17) is 9.73 Å². The first-order chi connectivity index (χ1) is 12.3. The van der Waals surface area contributed by atoms with Crippen LogP contribution in [0.15, 0.2) is 42.0 Å². The minimum absolute atomic E-state index is 0.588. The molecule has 0 aliphatic carbocycles. The number of nitrogens with one attached hydrogen (secondary N) is 1. The van der Waals surface area contributed by atoms with Crippen LogP contribution in [-0.4, -0.2) is 58.7 Å². The number of likely N-dealkylation sites (tertiary alicyclic amines) is 1. The molecule has 0 amide bonds. The Morgan fingerprint density at radius 2 is 2.36 bits per heavy atom. The van der Waals surface area contributed by atoms with Gasteiger partial charge in [0, 0.05) is 51.3 Å². The van der Waals surface area contributed by atoms with Crippen molar-refractivity contribution in [2.45, 2.75) is 19.9 Å². The summed E-state index contributed by atoms with van der Waals surface area (Å²) >= 11 is 0. The summed E-state index contributed by atoms with van der Waals surface area (Å²) in [7, 11) is 1.77. The SMILES string of the molecule is CCNC(=NCc1ccc(-n2ccnc2)nc1)N1CCC(COC)C1. The van der Waals surface area contributed by atoms with E-state index < -0.39 is 0 Å². The van der Waals surface area contributed by atoms with Gasteiger partial charge in [-0.1, -0.05) is 6.07 Å². The number of aromatic nitrogens is 3. The number of guanidine groups is 1. The molecule has 2 aromatic heterocycles. The van der Waals surface area contributed by atoms with Crippen molar-refractivity contribution >= 4 is 5.96 Å². The van der Waals surface area contributed by atoms with Gasteiger partial charge >= 0.3 is 0 Å². The number of ether oxygens (including phenoxy) is 1. The van der Waals surface area contributed by atoms with Crippen LogP contribution in [0, 0.1) is 5.92 Å². The second kappa shape index (κ2) is 8.62. The zero-order valence-electron chi connectivity index (χ0n) is 14.9. The van der Waals surface area contributed by atoms with E-state index in [1.165, 1.54) is 0 Å². The fourth-order valence-electron chi connectivity index (χ4n) is 3.05. The molecule has 0 bridgehead atoms. The second-order valence-corrected chi connectivity index (χ2v) is 6.22. The van der Waals surface area contributed by atoms with Gasteiger partial charge in [-0.2, -0.15) is 0 Å². The van der Waals surface area contributed by atoms with Gasteiger partial charge in [0.05, 0.1) is 13.2 Å². The van der Waals surface area contributed by atoms with E-state index in [9.17, 15) is 0 Å². The zero-order chi connectivity index (χ0) is 17.5. The van der Waals surface area contributed by atoms with Gasteiger partial charge in [-0.25, -0.2) is 15.0 Å². The molecule has 1 aliphatic rings. The van der Waals surface area contributed by atoms with E-state index in [2.05, 4.69) is 33.2 Å². The average molecular weight is 342 g/mol. The molecule has 25 heavy (non-hydrogen) atoms. The maximum absolute atomic E-state index is 5.28. The van der Waals surface area contributed by atoms with Gasteiger partial charge in [0.2, 0.25) is 0 Å². The molecular weight excluding hydrogens is 316 g/mol. The first-order valence-electron chi connectivity index (χ1n) is 8.75. The van der Waals surface area contributed by atoms with Crippen LogP contribution in [0.2, 0.25) is 0 Å². The fraction of sp³-hybridized carbons (Fsp3) is 0.500. The van der Waals surface area contributed by atoms with Gasteiger partial charge in [-0.05, 0) is 25.0 Å². The minimum Gasteiger partial charge on any atom is -0.384 e. The van der Waals surface area contributed by atoms with Gasteiger partial charge < -0.3 is 15.0 Å². The molecule has 1 fully saturated rings. The normalized spacial score (nSPS) is 17.9. The van der Waals surface area contributed by atoms with Gasteiger partial charge in [0.15, 0.2) is 5.96 Å². The topological polar surface area (TPSA) is 67.6 Å². The standard InChI is InChI=1S/C18H26N6O/c1-3-20-18(23-8-6-16(12-23)13-25-2)22-11-15-4-5-17(21-10-15)24-9-7-19-14-24/h4-5,7,9-10,14,16H,3,6,8,11-13H2,1-2H3,(H,20,22). The van der Waals surface area contributed by atoms with E-state index in [1.807, 2.05) is 23.0 Å². The summed E-state index contributed by atoms with van der Waals surface area (Å²) in [5.41, 5.74) is 1.09. The third kappa shape index (κ3) is 4.57. The second-order valence-electron chi connectivity index (χ2n) is 6.22. The molecule has 3 rings (SSSR count). The summed E-state index contributed by atoms with van der Waals surface area (Å²) in [4.78, 5) is 15.6. The van der Waals surface area contributed by atoms with Gasteiger partial charge in [0.1, 0.15) is 12.1 Å². The Bertz CT molecular complexity index is 667. The van der Waals surface area contributed by atoms with Crippen molar-refractivity contribution in [3.05, 3.63) is 42.6 Å². The lowest BCUT2D eigenvalue weighted by Crippen LogP contribution is -2.40. The highest BCUT2D eigenvalue weighted by Gasteiger charge is 2.24. The first kappa shape index (κ1) is 17.4. The van der Waals surface area contributed by atoms with Crippen molar-refractivity contribution in [1.82, 2.24) is 24.8 Å². The Kier molecular flexibility index (Phi) is 6.00. The van der Waals surface area contributed by atoms with Crippen LogP contribution in [0.5, 0.6) is 0 Å². The third-order valence-corrected chi connectivity index (χ3v) is 4.31. The van der Waals surface area contributed by atoms with Gasteiger partial charge in [0.25, 0.3) is 0 Å². The number of pyridine rings is 1. The molecule has 0 radical (unpaired) electrons. The molecule has 134 valence electrons. The largest absolute Gasteiger partial charge is 0.384 e. The van der Waals surface area contributed by atoms with Crippen LogP contribution in [0.4, 0.5) is 0 Å². The summed E-state index contributed by atoms with van der Waals surface area (Å²) in [6.45, 7) is 6.41. The fourth-order valence-corrected chi connectivity index (χ4v) is 3.05. The lowest BCUT2D eigenvalue weighted by atomic mass is 10.1. The number of hydrogen-bond donors (Lipinski definition) is 1. The maximum Gasteiger partial charge on any atom is 0.194 e. The van der Waals surface area contributed by atoms with E-state index in [0.29, 0.717) is 12.5 Å². The van der Waals surface area contributed by atoms with E-state index >= 15 is 0 Å². The molecule has 1 N–H and O–H groups in total. The van der Waals surface area contributed by atoms with E-state index in [1.54, 1.807) is 19.6 Å². The predicted molar refractivity (Wildman–Crippen MR) is 97.7 cm³/mol. The molecule has 2 aromatic rings. The van der Waals surface area contributed by atoms with E-state index in [-0.39, 0.29) is 0 Å². The van der Waals surface area contributed by atoms with Gasteiger partial charge in [-0.3, -0.25) is 4.57 Å². The van der Waals surface area contributed by atoms with Crippen molar-refractivity contribution in [2.24, 2.45) is 10.9 Å².